The fraction of sp³-hybridized carbons (Fsp3) is 0.0455. The molecule has 0 spiro atoms. The van der Waals surface area contributed by atoms with Crippen LogP contribution in [0.3, 0.4) is 0 Å². The van der Waals surface area contributed by atoms with Gasteiger partial charge < -0.3 is 0 Å². The summed E-state index contributed by atoms with van der Waals surface area (Å²) in [7, 11) is 0. The minimum absolute atomic E-state index is 0.612. The van der Waals surface area contributed by atoms with E-state index < -0.39 is 0 Å². The Morgan fingerprint density at radius 2 is 1.58 bits per heavy atom. The molecule has 0 bridgehead atoms. The molecule has 0 aliphatic carbocycles. The molecule has 0 atom stereocenters. The third-order valence-corrected chi connectivity index (χ3v) is 5.15. The van der Waals surface area contributed by atoms with Crippen LogP contribution >= 0.6 is 11.3 Å². The summed E-state index contributed by atoms with van der Waals surface area (Å²) in [5.74, 6) is 0. The lowest BCUT2D eigenvalue weighted by atomic mass is 9.95. The molecule has 0 saturated carbocycles. The molecule has 0 saturated heterocycles. The van der Waals surface area contributed by atoms with Gasteiger partial charge in [-0.25, -0.2) is 0 Å². The third-order valence-electron chi connectivity index (χ3n) is 4.26. The van der Waals surface area contributed by atoms with Crippen LogP contribution < -0.4 is 0 Å². The van der Waals surface area contributed by atoms with E-state index in [-0.39, 0.29) is 0 Å². The number of fused-ring (bicyclic) bond motifs is 1. The van der Waals surface area contributed by atoms with Gasteiger partial charge in [-0.2, -0.15) is 0 Å². The smallest absolute Gasteiger partial charge is 0.0787 e. The van der Waals surface area contributed by atoms with Crippen LogP contribution in [0.15, 0.2) is 84.2 Å². The third kappa shape index (κ3) is 2.89. The first-order valence-corrected chi connectivity index (χ1v) is 8.87. The number of thiophene rings is 1. The first-order chi connectivity index (χ1) is 11.8. The van der Waals surface area contributed by atoms with Gasteiger partial charge in [0.15, 0.2) is 0 Å². The van der Waals surface area contributed by atoms with Crippen molar-refractivity contribution < 1.29 is 0 Å². The monoisotopic (exact) mass is 327 g/mol. The highest BCUT2D eigenvalue weighted by atomic mass is 32.1. The summed E-state index contributed by atoms with van der Waals surface area (Å²) in [5, 5.41) is 13.1. The Labute approximate surface area is 145 Å². The van der Waals surface area contributed by atoms with Gasteiger partial charge in [-0.3, -0.25) is 5.41 Å². The number of nitrogens with one attached hydrogen (secondary N) is 1. The zero-order valence-electron chi connectivity index (χ0n) is 13.2. The van der Waals surface area contributed by atoms with Crippen molar-refractivity contribution in [1.29, 1.82) is 5.41 Å². The van der Waals surface area contributed by atoms with E-state index >= 15 is 0 Å². The largest absolute Gasteiger partial charge is 0.299 e. The van der Waals surface area contributed by atoms with Crippen molar-refractivity contribution >= 4 is 27.8 Å². The molecule has 24 heavy (non-hydrogen) atoms. The molecule has 116 valence electrons. The summed E-state index contributed by atoms with van der Waals surface area (Å²) in [6, 6.07) is 27.3. The quantitative estimate of drug-likeness (QED) is 0.451. The van der Waals surface area contributed by atoms with Crippen LogP contribution in [0.2, 0.25) is 0 Å². The molecule has 0 aliphatic heterocycles. The molecule has 3 aromatic carbocycles. The van der Waals surface area contributed by atoms with Gasteiger partial charge in [-0.1, -0.05) is 72.8 Å². The standard InChI is InChI=1S/C22H17NS/c23-22(21-10-5-13-24-21)20-9-4-3-8-19(20)15-16-11-12-17-6-1-2-7-18(17)14-16/h1-14,23H,15H2. The molecule has 0 unspecified atom stereocenters. The Kier molecular flexibility index (Phi) is 3.97. The molecule has 1 aromatic heterocycles. The van der Waals surface area contributed by atoms with Crippen molar-refractivity contribution in [2.24, 2.45) is 0 Å². The Morgan fingerprint density at radius 1 is 0.792 bits per heavy atom. The average molecular weight is 327 g/mol. The van der Waals surface area contributed by atoms with Crippen LogP contribution in [0.4, 0.5) is 0 Å². The lowest BCUT2D eigenvalue weighted by Gasteiger charge is -2.11. The predicted molar refractivity (Wildman–Crippen MR) is 103 cm³/mol. The Hall–Kier alpha value is -2.71. The maximum atomic E-state index is 8.54. The topological polar surface area (TPSA) is 23.9 Å². The van der Waals surface area contributed by atoms with Gasteiger partial charge in [0.25, 0.3) is 0 Å². The molecule has 0 radical (unpaired) electrons. The van der Waals surface area contributed by atoms with E-state index in [0.717, 1.165) is 16.9 Å². The number of rotatable bonds is 4. The average Bonchev–Trinajstić information content (AvgIpc) is 3.16. The lowest BCUT2D eigenvalue weighted by molar-refractivity contribution is 1.19. The predicted octanol–water partition coefficient (Wildman–Crippen LogP) is 5.91. The summed E-state index contributed by atoms with van der Waals surface area (Å²) in [4.78, 5) is 1.01. The van der Waals surface area contributed by atoms with Crippen LogP contribution in [0.25, 0.3) is 10.8 Å². The molecular formula is C22H17NS. The number of hydrogen-bond donors (Lipinski definition) is 1. The number of hydrogen-bond acceptors (Lipinski definition) is 2. The van der Waals surface area contributed by atoms with Gasteiger partial charge in [-0.05, 0) is 39.8 Å². The zero-order valence-corrected chi connectivity index (χ0v) is 14.0. The van der Waals surface area contributed by atoms with Crippen molar-refractivity contribution in [3.8, 4) is 0 Å². The van der Waals surface area contributed by atoms with E-state index in [1.54, 1.807) is 11.3 Å². The molecule has 2 heteroatoms. The normalized spacial score (nSPS) is 10.8. The summed E-state index contributed by atoms with van der Waals surface area (Å²) < 4.78 is 0. The number of benzene rings is 3. The fourth-order valence-corrected chi connectivity index (χ4v) is 3.73. The van der Waals surface area contributed by atoms with Crippen molar-refractivity contribution in [3.63, 3.8) is 0 Å². The van der Waals surface area contributed by atoms with E-state index in [9.17, 15) is 0 Å². The summed E-state index contributed by atoms with van der Waals surface area (Å²) in [6.45, 7) is 0. The van der Waals surface area contributed by atoms with Crippen molar-refractivity contribution in [3.05, 3.63) is 106 Å². The van der Waals surface area contributed by atoms with Gasteiger partial charge in [0.05, 0.1) is 10.6 Å². The van der Waals surface area contributed by atoms with Crippen LogP contribution in [0.5, 0.6) is 0 Å². The van der Waals surface area contributed by atoms with Crippen molar-refractivity contribution in [2.45, 2.75) is 6.42 Å². The van der Waals surface area contributed by atoms with Gasteiger partial charge >= 0.3 is 0 Å². The molecule has 0 amide bonds. The van der Waals surface area contributed by atoms with E-state index in [2.05, 4.69) is 60.7 Å². The van der Waals surface area contributed by atoms with Gasteiger partial charge in [0.2, 0.25) is 0 Å². The van der Waals surface area contributed by atoms with Crippen LogP contribution in [0, 0.1) is 5.41 Å². The van der Waals surface area contributed by atoms with Crippen molar-refractivity contribution in [1.82, 2.24) is 0 Å². The molecule has 4 aromatic rings. The molecule has 4 rings (SSSR count). The van der Waals surface area contributed by atoms with E-state index in [0.29, 0.717) is 5.71 Å². The van der Waals surface area contributed by atoms with Gasteiger partial charge in [-0.15, -0.1) is 11.3 Å². The first-order valence-electron chi connectivity index (χ1n) is 8.00. The summed E-state index contributed by atoms with van der Waals surface area (Å²) in [5.41, 5.74) is 4.11. The Balaban J connectivity index is 1.70. The van der Waals surface area contributed by atoms with Crippen LogP contribution in [-0.4, -0.2) is 5.71 Å². The van der Waals surface area contributed by atoms with E-state index in [1.807, 2.05) is 23.6 Å². The first kappa shape index (κ1) is 14.9. The molecule has 1 nitrogen and oxygen atoms in total. The summed E-state index contributed by atoms with van der Waals surface area (Å²) >= 11 is 1.62. The van der Waals surface area contributed by atoms with E-state index in [4.69, 9.17) is 5.41 Å². The summed E-state index contributed by atoms with van der Waals surface area (Å²) in [6.07, 6.45) is 0.842. The SMILES string of the molecule is N=C(c1cccs1)c1ccccc1Cc1ccc2ccccc2c1. The highest BCUT2D eigenvalue weighted by Gasteiger charge is 2.11. The zero-order chi connectivity index (χ0) is 16.4. The van der Waals surface area contributed by atoms with Crippen molar-refractivity contribution in [2.75, 3.05) is 0 Å². The minimum Gasteiger partial charge on any atom is -0.299 e. The van der Waals surface area contributed by atoms with Gasteiger partial charge in [0, 0.05) is 5.56 Å². The highest BCUT2D eigenvalue weighted by Crippen LogP contribution is 2.22. The maximum Gasteiger partial charge on any atom is 0.0787 e. The lowest BCUT2D eigenvalue weighted by Crippen LogP contribution is -2.04. The molecule has 0 aliphatic rings. The highest BCUT2D eigenvalue weighted by molar-refractivity contribution is 7.12. The maximum absolute atomic E-state index is 8.54. The second-order valence-corrected chi connectivity index (χ2v) is 6.82. The van der Waals surface area contributed by atoms with E-state index in [1.165, 1.54) is 21.9 Å². The van der Waals surface area contributed by atoms with Crippen LogP contribution in [-0.2, 0) is 6.42 Å². The molecule has 1 heterocycles. The second-order valence-electron chi connectivity index (χ2n) is 5.87. The molecule has 0 fully saturated rings. The molecule has 1 N–H and O–H groups in total. The Bertz CT molecular complexity index is 999. The fourth-order valence-electron chi connectivity index (χ4n) is 3.04. The minimum atomic E-state index is 0.612. The van der Waals surface area contributed by atoms with Crippen LogP contribution in [0.1, 0.15) is 21.6 Å². The van der Waals surface area contributed by atoms with Gasteiger partial charge in [0.1, 0.15) is 0 Å². The Morgan fingerprint density at radius 3 is 2.42 bits per heavy atom. The molecular weight excluding hydrogens is 310 g/mol. The second kappa shape index (κ2) is 6.42.